The predicted octanol–water partition coefficient (Wildman–Crippen LogP) is 3.57. The van der Waals surface area contributed by atoms with Crippen LogP contribution in [0.5, 0.6) is 0 Å². The summed E-state index contributed by atoms with van der Waals surface area (Å²) in [5.74, 6) is 0. The molecule has 0 fully saturated rings. The van der Waals surface area contributed by atoms with Crippen LogP contribution in [0.3, 0.4) is 0 Å². The Kier molecular flexibility index (Phi) is 4.64. The van der Waals surface area contributed by atoms with E-state index in [-0.39, 0.29) is 0 Å². The van der Waals surface area contributed by atoms with Gasteiger partial charge in [-0.25, -0.2) is 0 Å². The number of carbonyl (C=O) groups excluding carboxylic acids is 1. The molecule has 0 saturated heterocycles. The zero-order valence-electron chi connectivity index (χ0n) is 8.41. The van der Waals surface area contributed by atoms with E-state index in [1.54, 1.807) is 24.4 Å². The SMILES string of the molecule is CC=CC=CNc1ccccc1C(=O)Cl. The van der Waals surface area contributed by atoms with Crippen LogP contribution >= 0.6 is 11.6 Å². The number of anilines is 1. The molecule has 0 aliphatic rings. The molecule has 15 heavy (non-hydrogen) atoms. The third-order valence-electron chi connectivity index (χ3n) is 1.78. The third-order valence-corrected chi connectivity index (χ3v) is 1.98. The number of hydrogen-bond donors (Lipinski definition) is 1. The molecule has 1 N–H and O–H groups in total. The van der Waals surface area contributed by atoms with Crippen LogP contribution < -0.4 is 5.32 Å². The maximum atomic E-state index is 11.0. The monoisotopic (exact) mass is 221 g/mol. The van der Waals surface area contributed by atoms with Crippen molar-refractivity contribution in [2.45, 2.75) is 6.92 Å². The molecule has 0 saturated carbocycles. The summed E-state index contributed by atoms with van der Waals surface area (Å²) in [6.07, 6.45) is 7.39. The minimum absolute atomic E-state index is 0.461. The molecular formula is C12H12ClNO. The number of halogens is 1. The Bertz CT molecular complexity index is 396. The van der Waals surface area contributed by atoms with Gasteiger partial charge in [-0.2, -0.15) is 0 Å². The van der Waals surface area contributed by atoms with E-state index in [0.29, 0.717) is 11.3 Å². The van der Waals surface area contributed by atoms with Crippen molar-refractivity contribution in [3.05, 3.63) is 54.3 Å². The van der Waals surface area contributed by atoms with Gasteiger partial charge in [-0.1, -0.05) is 24.3 Å². The molecule has 0 heterocycles. The highest BCUT2D eigenvalue weighted by Gasteiger charge is 2.05. The molecular weight excluding hydrogens is 210 g/mol. The summed E-state index contributed by atoms with van der Waals surface area (Å²) < 4.78 is 0. The van der Waals surface area contributed by atoms with Crippen molar-refractivity contribution in [3.8, 4) is 0 Å². The van der Waals surface area contributed by atoms with Gasteiger partial charge in [0.25, 0.3) is 5.24 Å². The van der Waals surface area contributed by atoms with Crippen LogP contribution in [0.2, 0.25) is 0 Å². The van der Waals surface area contributed by atoms with E-state index >= 15 is 0 Å². The average molecular weight is 222 g/mol. The molecule has 0 unspecified atom stereocenters. The maximum Gasteiger partial charge on any atom is 0.254 e. The average Bonchev–Trinajstić information content (AvgIpc) is 2.25. The standard InChI is InChI=1S/C12H12ClNO/c1-2-3-6-9-14-11-8-5-4-7-10(11)12(13)15/h2-9,14H,1H3. The highest BCUT2D eigenvalue weighted by atomic mass is 35.5. The first-order valence-electron chi connectivity index (χ1n) is 4.59. The first-order valence-corrected chi connectivity index (χ1v) is 4.96. The molecule has 0 radical (unpaired) electrons. The molecule has 1 rings (SSSR count). The molecule has 1 aromatic carbocycles. The second kappa shape index (κ2) is 6.04. The molecule has 0 aliphatic heterocycles. The van der Waals surface area contributed by atoms with E-state index in [9.17, 15) is 4.79 Å². The summed E-state index contributed by atoms with van der Waals surface area (Å²) in [4.78, 5) is 11.0. The second-order valence-corrected chi connectivity index (χ2v) is 3.19. The van der Waals surface area contributed by atoms with E-state index in [2.05, 4.69) is 5.32 Å². The molecule has 0 bridgehead atoms. The normalized spacial score (nSPS) is 11.1. The lowest BCUT2D eigenvalue weighted by Gasteiger charge is -2.04. The zero-order valence-corrected chi connectivity index (χ0v) is 9.16. The van der Waals surface area contributed by atoms with Crippen LogP contribution in [0, 0.1) is 0 Å². The van der Waals surface area contributed by atoms with Gasteiger partial charge < -0.3 is 5.32 Å². The van der Waals surface area contributed by atoms with Crippen LogP contribution in [0.4, 0.5) is 5.69 Å². The summed E-state index contributed by atoms with van der Waals surface area (Å²) in [7, 11) is 0. The van der Waals surface area contributed by atoms with Gasteiger partial charge in [0.05, 0.1) is 11.3 Å². The van der Waals surface area contributed by atoms with Crippen molar-refractivity contribution in [1.82, 2.24) is 0 Å². The number of rotatable bonds is 4. The van der Waals surface area contributed by atoms with Gasteiger partial charge in [-0.05, 0) is 36.7 Å². The Hall–Kier alpha value is -1.54. The highest BCUT2D eigenvalue weighted by Crippen LogP contribution is 2.16. The van der Waals surface area contributed by atoms with Crippen molar-refractivity contribution in [3.63, 3.8) is 0 Å². The summed E-state index contributed by atoms with van der Waals surface area (Å²) in [5, 5.41) is 2.53. The molecule has 0 aliphatic carbocycles. The van der Waals surface area contributed by atoms with Crippen molar-refractivity contribution < 1.29 is 4.79 Å². The van der Waals surface area contributed by atoms with Crippen LogP contribution in [0.15, 0.2) is 48.7 Å². The summed E-state index contributed by atoms with van der Waals surface area (Å²) in [6, 6.07) is 7.10. The Morgan fingerprint density at radius 1 is 1.33 bits per heavy atom. The lowest BCUT2D eigenvalue weighted by atomic mass is 10.2. The van der Waals surface area contributed by atoms with E-state index in [1.807, 2.05) is 31.2 Å². The van der Waals surface area contributed by atoms with Crippen molar-refractivity contribution >= 4 is 22.5 Å². The van der Waals surface area contributed by atoms with Gasteiger partial charge in [0.15, 0.2) is 0 Å². The third kappa shape index (κ3) is 3.60. The topological polar surface area (TPSA) is 29.1 Å². The van der Waals surface area contributed by atoms with Crippen LogP contribution in [0.25, 0.3) is 0 Å². The number of benzene rings is 1. The first kappa shape index (κ1) is 11.5. The fraction of sp³-hybridized carbons (Fsp3) is 0.0833. The van der Waals surface area contributed by atoms with Gasteiger partial charge in [0.2, 0.25) is 0 Å². The van der Waals surface area contributed by atoms with Crippen molar-refractivity contribution in [2.24, 2.45) is 0 Å². The molecule has 1 aromatic rings. The quantitative estimate of drug-likeness (QED) is 0.622. The first-order chi connectivity index (χ1) is 7.25. The zero-order chi connectivity index (χ0) is 11.1. The van der Waals surface area contributed by atoms with Gasteiger partial charge in [-0.3, -0.25) is 4.79 Å². The van der Waals surface area contributed by atoms with E-state index < -0.39 is 5.24 Å². The minimum atomic E-state index is -0.461. The smallest absolute Gasteiger partial charge is 0.254 e. The predicted molar refractivity (Wildman–Crippen MR) is 64.2 cm³/mol. The second-order valence-electron chi connectivity index (χ2n) is 2.85. The van der Waals surface area contributed by atoms with E-state index in [4.69, 9.17) is 11.6 Å². The summed E-state index contributed by atoms with van der Waals surface area (Å²) in [5.41, 5.74) is 1.18. The molecule has 0 spiro atoms. The number of para-hydroxylation sites is 1. The van der Waals surface area contributed by atoms with E-state index in [0.717, 1.165) is 0 Å². The lowest BCUT2D eigenvalue weighted by molar-refractivity contribution is 0.108. The Labute approximate surface area is 94.3 Å². The van der Waals surface area contributed by atoms with Crippen molar-refractivity contribution in [2.75, 3.05) is 5.32 Å². The number of hydrogen-bond acceptors (Lipinski definition) is 2. The molecule has 2 nitrogen and oxygen atoms in total. The molecule has 3 heteroatoms. The largest absolute Gasteiger partial charge is 0.361 e. The van der Waals surface area contributed by atoms with Crippen LogP contribution in [0.1, 0.15) is 17.3 Å². The fourth-order valence-corrected chi connectivity index (χ4v) is 1.25. The molecule has 0 amide bonds. The van der Waals surface area contributed by atoms with Crippen molar-refractivity contribution in [1.29, 1.82) is 0 Å². The van der Waals surface area contributed by atoms with Gasteiger partial charge in [-0.15, -0.1) is 0 Å². The van der Waals surface area contributed by atoms with Gasteiger partial charge in [0.1, 0.15) is 0 Å². The molecule has 0 aromatic heterocycles. The lowest BCUT2D eigenvalue weighted by Crippen LogP contribution is -1.96. The van der Waals surface area contributed by atoms with Gasteiger partial charge in [0, 0.05) is 6.20 Å². The maximum absolute atomic E-state index is 11.0. The Morgan fingerprint density at radius 3 is 2.73 bits per heavy atom. The number of carbonyl (C=O) groups is 1. The molecule has 78 valence electrons. The number of allylic oxidation sites excluding steroid dienone is 3. The Balaban J connectivity index is 2.80. The van der Waals surface area contributed by atoms with Gasteiger partial charge >= 0.3 is 0 Å². The Morgan fingerprint density at radius 2 is 2.07 bits per heavy atom. The van der Waals surface area contributed by atoms with E-state index in [1.165, 1.54) is 0 Å². The summed E-state index contributed by atoms with van der Waals surface area (Å²) in [6.45, 7) is 1.93. The van der Waals surface area contributed by atoms with Crippen LogP contribution in [-0.2, 0) is 0 Å². The summed E-state index contributed by atoms with van der Waals surface area (Å²) >= 11 is 5.43. The minimum Gasteiger partial charge on any atom is -0.361 e. The highest BCUT2D eigenvalue weighted by molar-refractivity contribution is 6.68. The van der Waals surface area contributed by atoms with Crippen LogP contribution in [-0.4, -0.2) is 5.24 Å². The fourth-order valence-electron chi connectivity index (χ4n) is 1.08. The molecule has 0 atom stereocenters. The number of nitrogens with one attached hydrogen (secondary N) is 1.